The summed E-state index contributed by atoms with van der Waals surface area (Å²) in [6, 6.07) is 14.0. The second-order valence-electron chi connectivity index (χ2n) is 9.75. The van der Waals surface area contributed by atoms with E-state index in [0.717, 1.165) is 47.7 Å². The van der Waals surface area contributed by atoms with E-state index in [4.69, 9.17) is 31.8 Å². The lowest BCUT2D eigenvalue weighted by atomic mass is 9.92. The van der Waals surface area contributed by atoms with Crippen LogP contribution in [0.2, 0.25) is 5.02 Å². The number of anilines is 2. The van der Waals surface area contributed by atoms with Crippen molar-refractivity contribution < 1.29 is 17.9 Å². The molecule has 4 N–H and O–H groups in total. The lowest BCUT2D eigenvalue weighted by Gasteiger charge is -2.26. The predicted molar refractivity (Wildman–Crippen MR) is 156 cm³/mol. The summed E-state index contributed by atoms with van der Waals surface area (Å²) < 4.78 is 39.3. The average molecular weight is 583 g/mol. The van der Waals surface area contributed by atoms with E-state index in [1.807, 2.05) is 12.1 Å². The molecule has 2 heterocycles. The molecule has 12 heteroatoms. The number of nitrogens with zero attached hydrogens (tertiary/aromatic N) is 3. The van der Waals surface area contributed by atoms with E-state index in [1.165, 1.54) is 19.2 Å². The number of hydrogen-bond donors (Lipinski definition) is 3. The van der Waals surface area contributed by atoms with E-state index in [0.29, 0.717) is 24.2 Å². The number of fused-ring (bicyclic) bond motifs is 1. The van der Waals surface area contributed by atoms with Crippen LogP contribution < -0.4 is 20.5 Å². The summed E-state index contributed by atoms with van der Waals surface area (Å²) in [5.41, 5.74) is 9.17. The first-order valence-corrected chi connectivity index (χ1v) is 14.8. The maximum absolute atomic E-state index is 12.9. The van der Waals surface area contributed by atoms with E-state index < -0.39 is 10.0 Å². The SMILES string of the molecule is COCc1cc(-c2ccc(NS(=O)(=O)c3ccccc3Cl)nc2OC)cc2cnc(N[C@H]3CC[C@H](N)CC3)nc12. The van der Waals surface area contributed by atoms with Crippen molar-refractivity contribution >= 4 is 44.3 Å². The highest BCUT2D eigenvalue weighted by molar-refractivity contribution is 7.92. The fourth-order valence-electron chi connectivity index (χ4n) is 4.88. The third-order valence-electron chi connectivity index (χ3n) is 6.90. The highest BCUT2D eigenvalue weighted by Crippen LogP contribution is 2.34. The molecule has 1 saturated carbocycles. The van der Waals surface area contributed by atoms with Gasteiger partial charge in [0.1, 0.15) is 10.7 Å². The van der Waals surface area contributed by atoms with Crippen molar-refractivity contribution in [3.05, 3.63) is 65.3 Å². The van der Waals surface area contributed by atoms with Crippen molar-refractivity contribution in [3.63, 3.8) is 0 Å². The Bertz CT molecular complexity index is 1630. The smallest absolute Gasteiger partial charge is 0.264 e. The zero-order chi connectivity index (χ0) is 28.3. The first-order chi connectivity index (χ1) is 19.3. The number of sulfonamides is 1. The lowest BCUT2D eigenvalue weighted by molar-refractivity contribution is 0.186. The van der Waals surface area contributed by atoms with Gasteiger partial charge in [-0.25, -0.2) is 18.4 Å². The Morgan fingerprint density at radius 2 is 1.82 bits per heavy atom. The number of pyridine rings is 1. The van der Waals surface area contributed by atoms with Gasteiger partial charge in [-0.1, -0.05) is 23.7 Å². The maximum atomic E-state index is 12.9. The number of ether oxygens (including phenoxy) is 2. The molecule has 5 rings (SSSR count). The van der Waals surface area contributed by atoms with Gasteiger partial charge in [-0.2, -0.15) is 4.98 Å². The predicted octanol–water partition coefficient (Wildman–Crippen LogP) is 4.98. The van der Waals surface area contributed by atoms with E-state index in [9.17, 15) is 8.42 Å². The summed E-state index contributed by atoms with van der Waals surface area (Å²) in [4.78, 5) is 13.7. The molecule has 1 fully saturated rings. The Morgan fingerprint density at radius 3 is 2.55 bits per heavy atom. The summed E-state index contributed by atoms with van der Waals surface area (Å²) in [5, 5.41) is 4.39. The Labute approximate surface area is 238 Å². The number of aromatic nitrogens is 3. The van der Waals surface area contributed by atoms with Crippen LogP contribution in [0, 0.1) is 0 Å². The van der Waals surface area contributed by atoms with Crippen molar-refractivity contribution in [1.82, 2.24) is 15.0 Å². The van der Waals surface area contributed by atoms with Gasteiger partial charge in [-0.3, -0.25) is 4.72 Å². The minimum Gasteiger partial charge on any atom is -0.480 e. The van der Waals surface area contributed by atoms with Crippen LogP contribution in [0.15, 0.2) is 59.6 Å². The molecule has 10 nitrogen and oxygen atoms in total. The molecule has 0 amide bonds. The molecule has 0 unspecified atom stereocenters. The van der Waals surface area contributed by atoms with Crippen LogP contribution in [0.5, 0.6) is 5.88 Å². The monoisotopic (exact) mass is 582 g/mol. The standard InChI is InChI=1S/C28H31ClN6O4S/c1-38-16-19-14-17(13-18-15-31-28(34-26(18)19)32-21-9-7-20(30)8-10-21)22-11-12-25(33-27(22)39-2)35-40(36,37)24-6-4-3-5-23(24)29/h3-6,11-15,20-21H,7-10,16,30H2,1-2H3,(H,33,35)(H,31,32,34)/t20-,21-. The molecular weight excluding hydrogens is 552 g/mol. The quantitative estimate of drug-likeness (QED) is 0.249. The van der Waals surface area contributed by atoms with Crippen LogP contribution in [0.4, 0.5) is 11.8 Å². The fraction of sp³-hybridized carbons (Fsp3) is 0.321. The molecule has 0 bridgehead atoms. The molecule has 0 aliphatic heterocycles. The van der Waals surface area contributed by atoms with Gasteiger partial charge in [-0.15, -0.1) is 0 Å². The number of nitrogens with one attached hydrogen (secondary N) is 2. The Hall–Kier alpha value is -3.51. The van der Waals surface area contributed by atoms with Crippen molar-refractivity contribution in [1.29, 1.82) is 0 Å². The summed E-state index contributed by atoms with van der Waals surface area (Å²) >= 11 is 6.10. The topological polar surface area (TPSA) is 141 Å². The molecule has 210 valence electrons. The second-order valence-corrected chi connectivity index (χ2v) is 11.8. The number of benzene rings is 2. The molecular formula is C28H31ClN6O4S. The van der Waals surface area contributed by atoms with Gasteiger partial charge in [0.05, 0.1) is 24.3 Å². The zero-order valence-corrected chi connectivity index (χ0v) is 23.8. The molecule has 1 aliphatic carbocycles. The van der Waals surface area contributed by atoms with Crippen molar-refractivity contribution in [3.8, 4) is 17.0 Å². The van der Waals surface area contributed by atoms with Gasteiger partial charge in [-0.05, 0) is 67.6 Å². The van der Waals surface area contributed by atoms with Crippen molar-refractivity contribution in [2.45, 2.75) is 49.3 Å². The van der Waals surface area contributed by atoms with Gasteiger partial charge in [0.25, 0.3) is 10.0 Å². The third-order valence-corrected chi connectivity index (χ3v) is 8.75. The fourth-order valence-corrected chi connectivity index (χ4v) is 6.41. The largest absolute Gasteiger partial charge is 0.480 e. The number of nitrogens with two attached hydrogens (primary N) is 1. The Kier molecular flexibility index (Phi) is 8.36. The number of rotatable bonds is 9. The number of hydrogen-bond acceptors (Lipinski definition) is 9. The zero-order valence-electron chi connectivity index (χ0n) is 22.2. The summed E-state index contributed by atoms with van der Waals surface area (Å²) in [7, 11) is -0.841. The van der Waals surface area contributed by atoms with E-state index in [-0.39, 0.29) is 27.7 Å². The highest BCUT2D eigenvalue weighted by atomic mass is 35.5. The normalized spacial score (nSPS) is 17.5. The minimum atomic E-state index is -3.95. The van der Waals surface area contributed by atoms with Crippen LogP contribution in [0.3, 0.4) is 0 Å². The Balaban J connectivity index is 1.46. The highest BCUT2D eigenvalue weighted by Gasteiger charge is 2.21. The molecule has 2 aromatic heterocycles. The molecule has 0 atom stereocenters. The van der Waals surface area contributed by atoms with E-state index in [1.54, 1.807) is 37.6 Å². The second kappa shape index (κ2) is 11.9. The van der Waals surface area contributed by atoms with Gasteiger partial charge >= 0.3 is 0 Å². The van der Waals surface area contributed by atoms with E-state index >= 15 is 0 Å². The van der Waals surface area contributed by atoms with Gasteiger partial charge in [0.15, 0.2) is 0 Å². The third kappa shape index (κ3) is 6.12. The minimum absolute atomic E-state index is 0.0406. The molecule has 40 heavy (non-hydrogen) atoms. The number of halogens is 1. The summed E-state index contributed by atoms with van der Waals surface area (Å²) in [6.45, 7) is 0.338. The molecule has 4 aromatic rings. The summed E-state index contributed by atoms with van der Waals surface area (Å²) in [5.74, 6) is 0.922. The molecule has 0 spiro atoms. The van der Waals surface area contributed by atoms with Gasteiger partial charge in [0.2, 0.25) is 11.8 Å². The van der Waals surface area contributed by atoms with E-state index in [2.05, 4.69) is 20.0 Å². The van der Waals surface area contributed by atoms with Crippen LogP contribution >= 0.6 is 11.6 Å². The molecule has 2 aromatic carbocycles. The molecule has 0 radical (unpaired) electrons. The first-order valence-electron chi connectivity index (χ1n) is 12.9. The van der Waals surface area contributed by atoms with Crippen LogP contribution in [-0.4, -0.2) is 49.7 Å². The molecule has 1 aliphatic rings. The molecule has 0 saturated heterocycles. The van der Waals surface area contributed by atoms with Crippen molar-refractivity contribution in [2.75, 3.05) is 24.3 Å². The first kappa shape index (κ1) is 28.0. The van der Waals surface area contributed by atoms with Gasteiger partial charge < -0.3 is 20.5 Å². The maximum Gasteiger partial charge on any atom is 0.264 e. The average Bonchev–Trinajstić information content (AvgIpc) is 2.94. The van der Waals surface area contributed by atoms with Crippen molar-refractivity contribution in [2.24, 2.45) is 5.73 Å². The lowest BCUT2D eigenvalue weighted by Crippen LogP contribution is -2.33. The van der Waals surface area contributed by atoms with Gasteiger partial charge in [0, 0.05) is 41.9 Å². The van der Waals surface area contributed by atoms with Crippen LogP contribution in [0.25, 0.3) is 22.0 Å². The summed E-state index contributed by atoms with van der Waals surface area (Å²) in [6.07, 6.45) is 5.74. The number of methoxy groups -OCH3 is 2. The Morgan fingerprint density at radius 1 is 1.05 bits per heavy atom. The van der Waals surface area contributed by atoms with Crippen LogP contribution in [-0.2, 0) is 21.4 Å². The van der Waals surface area contributed by atoms with Crippen LogP contribution in [0.1, 0.15) is 31.2 Å².